The number of hydrogen-bond acceptors (Lipinski definition) is 2. The molecule has 0 bridgehead atoms. The summed E-state index contributed by atoms with van der Waals surface area (Å²) in [6.45, 7) is 3.32. The smallest absolute Gasteiger partial charge is 0.393 e. The Labute approximate surface area is 126 Å². The highest BCUT2D eigenvalue weighted by Crippen LogP contribution is 2.31. The van der Waals surface area contributed by atoms with E-state index < -0.39 is 23.6 Å². The number of amides is 1. The topological polar surface area (TPSA) is 55.1 Å². The molecule has 1 aromatic rings. The average Bonchev–Trinajstić information content (AvgIpc) is 2.34. The summed E-state index contributed by atoms with van der Waals surface area (Å²) in [5.74, 6) is -1.28. The van der Waals surface area contributed by atoms with Crippen molar-refractivity contribution in [2.45, 2.75) is 26.6 Å². The fourth-order valence-electron chi connectivity index (χ4n) is 2.00. The molecule has 0 fully saturated rings. The van der Waals surface area contributed by atoms with E-state index in [1.165, 1.54) is 18.2 Å². The van der Waals surface area contributed by atoms with Crippen LogP contribution in [0.15, 0.2) is 24.3 Å². The second kappa shape index (κ2) is 6.89. The molecule has 0 heterocycles. The minimum absolute atomic E-state index is 0.00351. The number of hydrogen-bond donors (Lipinski definition) is 2. The molecule has 1 rings (SSSR count). The van der Waals surface area contributed by atoms with Gasteiger partial charge in [-0.05, 0) is 17.5 Å². The van der Waals surface area contributed by atoms with E-state index in [9.17, 15) is 18.0 Å². The van der Waals surface area contributed by atoms with Gasteiger partial charge < -0.3 is 11.1 Å². The molecule has 0 aliphatic heterocycles. The molecule has 1 atom stereocenters. The minimum Gasteiger partial charge on any atom is -0.393 e. The molecule has 3 N–H and O–H groups in total. The lowest BCUT2D eigenvalue weighted by Crippen LogP contribution is -2.40. The van der Waals surface area contributed by atoms with Gasteiger partial charge in [0.2, 0.25) is 5.91 Å². The van der Waals surface area contributed by atoms with E-state index in [-0.39, 0.29) is 23.0 Å². The standard InChI is InChI=1S/C14H17F3N2OS/c1-8(2)11(12(18)21)13(20)19-7-9-5-3-4-6-10(9)14(15,16)17/h3-6,8,11H,7H2,1-2H3,(H2,18,21)(H,19,20). The summed E-state index contributed by atoms with van der Waals surface area (Å²) in [7, 11) is 0. The second-order valence-electron chi connectivity index (χ2n) is 5.00. The molecule has 0 aromatic heterocycles. The third-order valence-electron chi connectivity index (χ3n) is 3.03. The normalized spacial score (nSPS) is 13.0. The number of rotatable bonds is 5. The lowest BCUT2D eigenvalue weighted by Gasteiger charge is -2.19. The van der Waals surface area contributed by atoms with Gasteiger partial charge >= 0.3 is 6.18 Å². The van der Waals surface area contributed by atoms with Gasteiger partial charge in [0.05, 0.1) is 16.5 Å². The fourth-order valence-corrected chi connectivity index (χ4v) is 2.38. The number of nitrogens with one attached hydrogen (secondary N) is 1. The van der Waals surface area contributed by atoms with E-state index >= 15 is 0 Å². The zero-order valence-corrected chi connectivity index (χ0v) is 12.5. The summed E-state index contributed by atoms with van der Waals surface area (Å²) in [6.07, 6.45) is -4.46. The van der Waals surface area contributed by atoms with Crippen LogP contribution < -0.4 is 11.1 Å². The van der Waals surface area contributed by atoms with Crippen molar-refractivity contribution in [2.75, 3.05) is 0 Å². The molecule has 0 aliphatic carbocycles. The van der Waals surface area contributed by atoms with Crippen molar-refractivity contribution in [2.24, 2.45) is 17.6 Å². The summed E-state index contributed by atoms with van der Waals surface area (Å²) >= 11 is 4.82. The van der Waals surface area contributed by atoms with E-state index in [0.717, 1.165) is 6.07 Å². The largest absolute Gasteiger partial charge is 0.416 e. The van der Waals surface area contributed by atoms with Crippen molar-refractivity contribution in [1.29, 1.82) is 0 Å². The van der Waals surface area contributed by atoms with Crippen LogP contribution in [0.1, 0.15) is 25.0 Å². The van der Waals surface area contributed by atoms with Gasteiger partial charge in [-0.3, -0.25) is 4.79 Å². The zero-order valence-electron chi connectivity index (χ0n) is 11.7. The molecule has 3 nitrogen and oxygen atoms in total. The fraction of sp³-hybridized carbons (Fsp3) is 0.429. The molecule has 0 aliphatic rings. The quantitative estimate of drug-likeness (QED) is 0.821. The monoisotopic (exact) mass is 318 g/mol. The van der Waals surface area contributed by atoms with Crippen LogP contribution >= 0.6 is 12.2 Å². The number of carbonyl (C=O) groups excluding carboxylic acids is 1. The Hall–Kier alpha value is -1.63. The minimum atomic E-state index is -4.46. The van der Waals surface area contributed by atoms with E-state index in [2.05, 4.69) is 5.32 Å². The van der Waals surface area contributed by atoms with Crippen LogP contribution in [-0.4, -0.2) is 10.9 Å². The Morgan fingerprint density at radius 2 is 1.90 bits per heavy atom. The number of halogens is 3. The molecule has 1 aromatic carbocycles. The van der Waals surface area contributed by atoms with Crippen LogP contribution in [0.3, 0.4) is 0 Å². The molecule has 7 heteroatoms. The van der Waals surface area contributed by atoms with Crippen LogP contribution in [0.25, 0.3) is 0 Å². The van der Waals surface area contributed by atoms with Gasteiger partial charge in [0.1, 0.15) is 0 Å². The highest BCUT2D eigenvalue weighted by Gasteiger charge is 2.33. The first-order valence-corrected chi connectivity index (χ1v) is 6.77. The van der Waals surface area contributed by atoms with Crippen molar-refractivity contribution in [3.8, 4) is 0 Å². The van der Waals surface area contributed by atoms with Gasteiger partial charge in [-0.2, -0.15) is 13.2 Å². The van der Waals surface area contributed by atoms with Gasteiger partial charge in [0.25, 0.3) is 0 Å². The summed E-state index contributed by atoms with van der Waals surface area (Å²) in [6, 6.07) is 5.10. The Morgan fingerprint density at radius 3 is 2.38 bits per heavy atom. The van der Waals surface area contributed by atoms with Crippen LogP contribution in [-0.2, 0) is 17.5 Å². The molecule has 21 heavy (non-hydrogen) atoms. The number of nitrogens with two attached hydrogens (primary N) is 1. The molecule has 0 saturated heterocycles. The lowest BCUT2D eigenvalue weighted by atomic mass is 9.95. The van der Waals surface area contributed by atoms with Crippen molar-refractivity contribution in [3.63, 3.8) is 0 Å². The maximum Gasteiger partial charge on any atom is 0.416 e. The molecule has 1 amide bonds. The molecule has 0 saturated carbocycles. The predicted octanol–water partition coefficient (Wildman–Crippen LogP) is 2.88. The number of thiocarbonyl (C=S) groups is 1. The third-order valence-corrected chi connectivity index (χ3v) is 3.29. The van der Waals surface area contributed by atoms with Crippen molar-refractivity contribution < 1.29 is 18.0 Å². The second-order valence-corrected chi connectivity index (χ2v) is 5.47. The Balaban J connectivity index is 2.85. The highest BCUT2D eigenvalue weighted by atomic mass is 32.1. The van der Waals surface area contributed by atoms with Crippen LogP contribution in [0, 0.1) is 11.8 Å². The molecular formula is C14H17F3N2OS. The van der Waals surface area contributed by atoms with Crippen LogP contribution in [0.5, 0.6) is 0 Å². The predicted molar refractivity (Wildman–Crippen MR) is 78.4 cm³/mol. The maximum atomic E-state index is 12.8. The van der Waals surface area contributed by atoms with Gasteiger partial charge in [0, 0.05) is 6.54 Å². The van der Waals surface area contributed by atoms with Crippen molar-refractivity contribution in [1.82, 2.24) is 5.32 Å². The molecule has 0 radical (unpaired) electrons. The Morgan fingerprint density at radius 1 is 1.33 bits per heavy atom. The summed E-state index contributed by atoms with van der Waals surface area (Å²) in [5.41, 5.74) is 4.74. The summed E-state index contributed by atoms with van der Waals surface area (Å²) in [4.78, 5) is 12.0. The van der Waals surface area contributed by atoms with Crippen molar-refractivity contribution >= 4 is 23.1 Å². The average molecular weight is 318 g/mol. The van der Waals surface area contributed by atoms with E-state index in [0.29, 0.717) is 0 Å². The van der Waals surface area contributed by atoms with E-state index in [1.54, 1.807) is 13.8 Å². The number of alkyl halides is 3. The number of carbonyl (C=O) groups is 1. The van der Waals surface area contributed by atoms with E-state index in [1.807, 2.05) is 0 Å². The molecule has 116 valence electrons. The van der Waals surface area contributed by atoms with Gasteiger partial charge in [-0.1, -0.05) is 44.3 Å². The maximum absolute atomic E-state index is 12.8. The molecule has 0 spiro atoms. The van der Waals surface area contributed by atoms with Crippen molar-refractivity contribution in [3.05, 3.63) is 35.4 Å². The van der Waals surface area contributed by atoms with Crippen LogP contribution in [0.2, 0.25) is 0 Å². The van der Waals surface area contributed by atoms with Gasteiger partial charge in [0.15, 0.2) is 0 Å². The first-order chi connectivity index (χ1) is 9.64. The van der Waals surface area contributed by atoms with Gasteiger partial charge in [-0.25, -0.2) is 0 Å². The zero-order chi connectivity index (χ0) is 16.2. The van der Waals surface area contributed by atoms with Gasteiger partial charge in [-0.15, -0.1) is 0 Å². The summed E-state index contributed by atoms with van der Waals surface area (Å²) in [5, 5.41) is 2.47. The third kappa shape index (κ3) is 4.70. The Kier molecular flexibility index (Phi) is 5.71. The highest BCUT2D eigenvalue weighted by molar-refractivity contribution is 7.80. The summed E-state index contributed by atoms with van der Waals surface area (Å²) < 4.78 is 38.5. The first-order valence-electron chi connectivity index (χ1n) is 6.36. The molecule has 1 unspecified atom stereocenters. The Bertz CT molecular complexity index is 529. The lowest BCUT2D eigenvalue weighted by molar-refractivity contribution is -0.138. The number of benzene rings is 1. The first kappa shape index (κ1) is 17.4. The SMILES string of the molecule is CC(C)C(C(=O)NCc1ccccc1C(F)(F)F)C(N)=S. The molecular weight excluding hydrogens is 301 g/mol. The van der Waals surface area contributed by atoms with Crippen LogP contribution in [0.4, 0.5) is 13.2 Å². The van der Waals surface area contributed by atoms with E-state index in [4.69, 9.17) is 18.0 Å².